The average Bonchev–Trinajstić information content (AvgIpc) is 2.29. The largest absolute Gasteiger partial charge is 0.327 e. The van der Waals surface area contributed by atoms with Gasteiger partial charge in [0.1, 0.15) is 5.39 Å². The van der Waals surface area contributed by atoms with E-state index < -0.39 is 11.2 Å². The summed E-state index contributed by atoms with van der Waals surface area (Å²) in [6, 6.07) is 0. The molecule has 2 aromatic rings. The van der Waals surface area contributed by atoms with Crippen LogP contribution < -0.4 is 11.2 Å². The van der Waals surface area contributed by atoms with Crippen LogP contribution in [0.2, 0.25) is 0 Å². The predicted octanol–water partition coefficient (Wildman–Crippen LogP) is -1.05. The molecule has 2 heterocycles. The van der Waals surface area contributed by atoms with Crippen molar-refractivity contribution < 1.29 is 0 Å². The van der Waals surface area contributed by atoms with Gasteiger partial charge in [-0.15, -0.1) is 0 Å². The van der Waals surface area contributed by atoms with Crippen molar-refractivity contribution >= 4 is 11.0 Å². The normalized spacial score (nSPS) is 10.8. The van der Waals surface area contributed by atoms with Crippen LogP contribution in [0.25, 0.3) is 11.0 Å². The van der Waals surface area contributed by atoms with E-state index in [1.165, 1.54) is 4.68 Å². The molecule has 62 valence electrons. The van der Waals surface area contributed by atoms with Crippen molar-refractivity contribution in [2.24, 2.45) is 7.05 Å². The average molecular weight is 166 g/mol. The Morgan fingerprint density at radius 1 is 1.42 bits per heavy atom. The third kappa shape index (κ3) is 0.849. The first kappa shape index (κ1) is 6.84. The van der Waals surface area contributed by atoms with Crippen LogP contribution in [0.1, 0.15) is 0 Å². The van der Waals surface area contributed by atoms with Crippen LogP contribution in [0.15, 0.2) is 15.8 Å². The third-order valence-corrected chi connectivity index (χ3v) is 1.53. The molecule has 0 aromatic carbocycles. The molecule has 0 aliphatic heterocycles. The lowest BCUT2D eigenvalue weighted by Crippen LogP contribution is -2.21. The SMILES string of the molecule is Cn1cc2c(=O)[nH]c(=O)[nH]c2n1. The van der Waals surface area contributed by atoms with Gasteiger partial charge in [0.15, 0.2) is 5.65 Å². The number of nitrogens with one attached hydrogen (secondary N) is 2. The molecule has 0 bridgehead atoms. The highest BCUT2D eigenvalue weighted by Crippen LogP contribution is 1.97. The fourth-order valence-corrected chi connectivity index (χ4v) is 1.06. The summed E-state index contributed by atoms with van der Waals surface area (Å²) in [4.78, 5) is 26.4. The van der Waals surface area contributed by atoms with E-state index in [0.717, 1.165) is 0 Å². The van der Waals surface area contributed by atoms with Crippen molar-refractivity contribution in [3.8, 4) is 0 Å². The summed E-state index contributed by atoms with van der Waals surface area (Å²) in [6.45, 7) is 0. The first-order valence-corrected chi connectivity index (χ1v) is 3.33. The molecule has 0 radical (unpaired) electrons. The number of hydrogen-bond acceptors (Lipinski definition) is 3. The number of H-pyrrole nitrogens is 2. The Labute approximate surface area is 65.8 Å². The molecule has 0 amide bonds. The molecule has 0 spiro atoms. The van der Waals surface area contributed by atoms with E-state index in [1.807, 2.05) is 0 Å². The van der Waals surface area contributed by atoms with E-state index in [1.54, 1.807) is 13.2 Å². The Morgan fingerprint density at radius 3 is 2.92 bits per heavy atom. The molecule has 6 nitrogen and oxygen atoms in total. The number of rotatable bonds is 0. The molecule has 0 fully saturated rings. The van der Waals surface area contributed by atoms with E-state index in [0.29, 0.717) is 11.0 Å². The van der Waals surface area contributed by atoms with Crippen LogP contribution in [0.4, 0.5) is 0 Å². The lowest BCUT2D eigenvalue weighted by molar-refractivity contribution is 0.775. The Hall–Kier alpha value is -1.85. The lowest BCUT2D eigenvalue weighted by atomic mass is 10.4. The summed E-state index contributed by atoms with van der Waals surface area (Å²) in [5, 5.41) is 4.26. The van der Waals surface area contributed by atoms with Crippen LogP contribution in [0, 0.1) is 0 Å². The Bertz CT molecular complexity index is 532. The van der Waals surface area contributed by atoms with Crippen molar-refractivity contribution in [3.63, 3.8) is 0 Å². The monoisotopic (exact) mass is 166 g/mol. The van der Waals surface area contributed by atoms with Gasteiger partial charge in [-0.1, -0.05) is 0 Å². The molecular formula is C6H6N4O2. The number of hydrogen-bond donors (Lipinski definition) is 2. The van der Waals surface area contributed by atoms with Gasteiger partial charge in [-0.3, -0.25) is 19.4 Å². The molecule has 0 atom stereocenters. The van der Waals surface area contributed by atoms with Crippen molar-refractivity contribution in [2.45, 2.75) is 0 Å². The Balaban J connectivity index is 3.08. The molecule has 2 rings (SSSR count). The van der Waals surface area contributed by atoms with Crippen LogP contribution in [0.5, 0.6) is 0 Å². The summed E-state index contributed by atoms with van der Waals surface area (Å²) in [5.41, 5.74) is -0.640. The number of aromatic amines is 2. The zero-order chi connectivity index (χ0) is 8.72. The fourth-order valence-electron chi connectivity index (χ4n) is 1.06. The standard InChI is InChI=1S/C6H6N4O2/c1-10-2-3-4(9-10)7-6(12)8-5(3)11/h2H,1H3,(H2,7,8,9,11,12). The zero-order valence-electron chi connectivity index (χ0n) is 6.29. The summed E-state index contributed by atoms with van der Waals surface area (Å²) >= 11 is 0. The van der Waals surface area contributed by atoms with Gasteiger partial charge >= 0.3 is 5.69 Å². The molecule has 0 unspecified atom stereocenters. The van der Waals surface area contributed by atoms with Gasteiger partial charge in [-0.2, -0.15) is 5.10 Å². The van der Waals surface area contributed by atoms with Crippen LogP contribution in [0.3, 0.4) is 0 Å². The summed E-state index contributed by atoms with van der Waals surface area (Å²) in [5.74, 6) is 0. The summed E-state index contributed by atoms with van der Waals surface area (Å²) in [6.07, 6.45) is 1.55. The number of aromatic nitrogens is 4. The number of fused-ring (bicyclic) bond motifs is 1. The van der Waals surface area contributed by atoms with E-state index in [4.69, 9.17) is 0 Å². The summed E-state index contributed by atoms with van der Waals surface area (Å²) < 4.78 is 1.47. The molecular weight excluding hydrogens is 160 g/mol. The molecule has 0 saturated heterocycles. The second kappa shape index (κ2) is 2.07. The van der Waals surface area contributed by atoms with Crippen LogP contribution in [-0.4, -0.2) is 19.7 Å². The molecule has 0 saturated carbocycles. The van der Waals surface area contributed by atoms with Gasteiger partial charge in [0.05, 0.1) is 0 Å². The van der Waals surface area contributed by atoms with Crippen LogP contribution >= 0.6 is 0 Å². The third-order valence-electron chi connectivity index (χ3n) is 1.53. The van der Waals surface area contributed by atoms with Gasteiger partial charge < -0.3 is 0 Å². The zero-order valence-corrected chi connectivity index (χ0v) is 6.29. The van der Waals surface area contributed by atoms with E-state index in [-0.39, 0.29) is 0 Å². The van der Waals surface area contributed by atoms with Crippen molar-refractivity contribution in [1.29, 1.82) is 0 Å². The van der Waals surface area contributed by atoms with Gasteiger partial charge in [0, 0.05) is 13.2 Å². The van der Waals surface area contributed by atoms with Gasteiger partial charge in [0.25, 0.3) is 5.56 Å². The maximum absolute atomic E-state index is 11.1. The van der Waals surface area contributed by atoms with Gasteiger partial charge in [-0.25, -0.2) is 4.79 Å². The minimum absolute atomic E-state index is 0.311. The topological polar surface area (TPSA) is 83.5 Å². The highest BCUT2D eigenvalue weighted by Gasteiger charge is 2.02. The fraction of sp³-hybridized carbons (Fsp3) is 0.167. The lowest BCUT2D eigenvalue weighted by Gasteiger charge is -1.83. The second-order valence-electron chi connectivity index (χ2n) is 2.47. The molecule has 0 aliphatic carbocycles. The highest BCUT2D eigenvalue weighted by atomic mass is 16.2. The van der Waals surface area contributed by atoms with Gasteiger partial charge in [-0.05, 0) is 0 Å². The molecule has 2 aromatic heterocycles. The number of nitrogens with zero attached hydrogens (tertiary/aromatic N) is 2. The van der Waals surface area contributed by atoms with E-state index >= 15 is 0 Å². The smallest absolute Gasteiger partial charge is 0.290 e. The molecule has 2 N–H and O–H groups in total. The molecule has 6 heteroatoms. The Morgan fingerprint density at radius 2 is 2.17 bits per heavy atom. The minimum Gasteiger partial charge on any atom is -0.290 e. The summed E-state index contributed by atoms with van der Waals surface area (Å²) in [7, 11) is 1.68. The first-order chi connectivity index (χ1) is 5.66. The van der Waals surface area contributed by atoms with Crippen molar-refractivity contribution in [1.82, 2.24) is 19.7 Å². The van der Waals surface area contributed by atoms with Gasteiger partial charge in [0.2, 0.25) is 0 Å². The quantitative estimate of drug-likeness (QED) is 0.523. The Kier molecular flexibility index (Phi) is 1.18. The van der Waals surface area contributed by atoms with E-state index in [2.05, 4.69) is 15.1 Å². The predicted molar refractivity (Wildman–Crippen MR) is 42.0 cm³/mol. The van der Waals surface area contributed by atoms with E-state index in [9.17, 15) is 9.59 Å². The minimum atomic E-state index is -0.536. The highest BCUT2D eigenvalue weighted by molar-refractivity contribution is 5.71. The second-order valence-corrected chi connectivity index (χ2v) is 2.47. The molecule has 12 heavy (non-hydrogen) atoms. The maximum atomic E-state index is 11.1. The van der Waals surface area contributed by atoms with Crippen LogP contribution in [-0.2, 0) is 7.05 Å². The van der Waals surface area contributed by atoms with Crippen molar-refractivity contribution in [3.05, 3.63) is 27.0 Å². The first-order valence-electron chi connectivity index (χ1n) is 3.33. The maximum Gasteiger partial charge on any atom is 0.327 e. The molecule has 0 aliphatic rings. The number of aryl methyl sites for hydroxylation is 1. The van der Waals surface area contributed by atoms with Crippen molar-refractivity contribution in [2.75, 3.05) is 0 Å².